The molecule has 20 heavy (non-hydrogen) atoms. The lowest BCUT2D eigenvalue weighted by Crippen LogP contribution is -2.30. The van der Waals surface area contributed by atoms with Crippen LogP contribution in [0.5, 0.6) is 5.75 Å². The number of rotatable bonds is 5. The van der Waals surface area contributed by atoms with Crippen molar-refractivity contribution in [1.82, 2.24) is 0 Å². The molecule has 0 heterocycles. The Bertz CT molecular complexity index is 500. The van der Waals surface area contributed by atoms with Crippen LogP contribution in [0.1, 0.15) is 37.2 Å². The number of ether oxygens (including phenoxy) is 1. The van der Waals surface area contributed by atoms with Crippen LogP contribution in [0.25, 0.3) is 0 Å². The third kappa shape index (κ3) is 3.15. The average Bonchev–Trinajstić information content (AvgIpc) is 2.45. The SMILES string of the molecule is COc1ccccc1[C@@H](C[N+](=O)[O-])[C@H]1CCCCC1=O. The van der Waals surface area contributed by atoms with Crippen molar-refractivity contribution in [2.24, 2.45) is 5.92 Å². The molecule has 1 aliphatic rings. The summed E-state index contributed by atoms with van der Waals surface area (Å²) >= 11 is 0. The number of para-hydroxylation sites is 1. The fourth-order valence-corrected chi connectivity index (χ4v) is 3.01. The first kappa shape index (κ1) is 14.5. The van der Waals surface area contributed by atoms with E-state index in [0.717, 1.165) is 24.8 Å². The first-order chi connectivity index (χ1) is 9.63. The quantitative estimate of drug-likeness (QED) is 0.613. The molecule has 0 N–H and O–H groups in total. The van der Waals surface area contributed by atoms with Gasteiger partial charge in [0, 0.05) is 22.8 Å². The Morgan fingerprint density at radius 2 is 2.15 bits per heavy atom. The highest BCUT2D eigenvalue weighted by molar-refractivity contribution is 5.82. The zero-order valence-electron chi connectivity index (χ0n) is 11.6. The number of carbonyl (C=O) groups excluding carboxylic acids is 1. The summed E-state index contributed by atoms with van der Waals surface area (Å²) in [6, 6.07) is 7.27. The topological polar surface area (TPSA) is 69.4 Å². The Labute approximate surface area is 118 Å². The first-order valence-corrected chi connectivity index (χ1v) is 6.91. The van der Waals surface area contributed by atoms with Crippen molar-refractivity contribution in [3.8, 4) is 5.75 Å². The van der Waals surface area contributed by atoms with E-state index in [-0.39, 0.29) is 23.2 Å². The summed E-state index contributed by atoms with van der Waals surface area (Å²) in [4.78, 5) is 22.8. The standard InChI is InChI=1S/C15H19NO4/c1-20-15-9-5-3-7-12(15)13(10-16(18)19)11-6-2-4-8-14(11)17/h3,5,7,9,11,13H,2,4,6,8,10H2,1H3/t11-,13+/m1/s1. The Balaban J connectivity index is 2.35. The van der Waals surface area contributed by atoms with Gasteiger partial charge in [0.05, 0.1) is 13.0 Å². The molecule has 1 fully saturated rings. The van der Waals surface area contributed by atoms with Crippen molar-refractivity contribution >= 4 is 5.78 Å². The molecule has 0 bridgehead atoms. The maximum Gasteiger partial charge on any atom is 0.211 e. The second kappa shape index (κ2) is 6.50. The minimum absolute atomic E-state index is 0.147. The number of Topliss-reactive ketones (excluding diaryl/α,β-unsaturated/α-hetero) is 1. The molecule has 2 rings (SSSR count). The number of methoxy groups -OCH3 is 1. The molecule has 108 valence electrons. The van der Waals surface area contributed by atoms with E-state index in [2.05, 4.69) is 0 Å². The second-order valence-corrected chi connectivity index (χ2v) is 5.18. The fraction of sp³-hybridized carbons (Fsp3) is 0.533. The number of hydrogen-bond donors (Lipinski definition) is 0. The van der Waals surface area contributed by atoms with Crippen molar-refractivity contribution in [3.05, 3.63) is 39.9 Å². The van der Waals surface area contributed by atoms with Gasteiger partial charge in [0.15, 0.2) is 0 Å². The Kier molecular flexibility index (Phi) is 4.71. The van der Waals surface area contributed by atoms with Gasteiger partial charge in [-0.1, -0.05) is 24.6 Å². The number of hydrogen-bond acceptors (Lipinski definition) is 4. The van der Waals surface area contributed by atoms with Gasteiger partial charge in [0.1, 0.15) is 11.5 Å². The van der Waals surface area contributed by atoms with E-state index in [1.807, 2.05) is 18.2 Å². The van der Waals surface area contributed by atoms with Crippen LogP contribution in [-0.4, -0.2) is 24.4 Å². The molecule has 2 atom stereocenters. The molecule has 0 saturated heterocycles. The lowest BCUT2D eigenvalue weighted by molar-refractivity contribution is -0.484. The lowest BCUT2D eigenvalue weighted by Gasteiger charge is -2.27. The minimum atomic E-state index is -0.394. The largest absolute Gasteiger partial charge is 0.496 e. The Morgan fingerprint density at radius 3 is 2.80 bits per heavy atom. The first-order valence-electron chi connectivity index (χ1n) is 6.91. The summed E-state index contributed by atoms with van der Waals surface area (Å²) in [6.45, 7) is -0.225. The molecule has 0 radical (unpaired) electrons. The van der Waals surface area contributed by atoms with Gasteiger partial charge in [0.25, 0.3) is 0 Å². The number of benzene rings is 1. The molecule has 1 aromatic rings. The van der Waals surface area contributed by atoms with Crippen molar-refractivity contribution in [2.75, 3.05) is 13.7 Å². The van der Waals surface area contributed by atoms with Gasteiger partial charge in [0.2, 0.25) is 6.54 Å². The second-order valence-electron chi connectivity index (χ2n) is 5.18. The van der Waals surface area contributed by atoms with Crippen LogP contribution in [-0.2, 0) is 4.79 Å². The van der Waals surface area contributed by atoms with E-state index in [4.69, 9.17) is 4.74 Å². The highest BCUT2D eigenvalue weighted by Crippen LogP contribution is 2.37. The van der Waals surface area contributed by atoms with Crippen molar-refractivity contribution in [3.63, 3.8) is 0 Å². The van der Waals surface area contributed by atoms with Gasteiger partial charge in [-0.05, 0) is 18.9 Å². The third-order valence-electron chi connectivity index (χ3n) is 3.97. The highest BCUT2D eigenvalue weighted by Gasteiger charge is 2.35. The molecule has 0 aliphatic heterocycles. The van der Waals surface area contributed by atoms with Gasteiger partial charge in [-0.2, -0.15) is 0 Å². The van der Waals surface area contributed by atoms with E-state index >= 15 is 0 Å². The van der Waals surface area contributed by atoms with Gasteiger partial charge < -0.3 is 4.74 Å². The van der Waals surface area contributed by atoms with Crippen LogP contribution >= 0.6 is 0 Å². The predicted molar refractivity (Wildman–Crippen MR) is 74.6 cm³/mol. The molecular weight excluding hydrogens is 258 g/mol. The van der Waals surface area contributed by atoms with Crippen LogP contribution in [0.4, 0.5) is 0 Å². The van der Waals surface area contributed by atoms with Crippen LogP contribution < -0.4 is 4.74 Å². The summed E-state index contributed by atoms with van der Waals surface area (Å²) in [7, 11) is 1.55. The molecule has 1 saturated carbocycles. The van der Waals surface area contributed by atoms with Crippen LogP contribution in [0.3, 0.4) is 0 Å². The van der Waals surface area contributed by atoms with E-state index in [1.165, 1.54) is 0 Å². The summed E-state index contributed by atoms with van der Waals surface area (Å²) < 4.78 is 5.30. The van der Waals surface area contributed by atoms with E-state index in [1.54, 1.807) is 13.2 Å². The van der Waals surface area contributed by atoms with Crippen molar-refractivity contribution in [1.29, 1.82) is 0 Å². The third-order valence-corrected chi connectivity index (χ3v) is 3.97. The summed E-state index contributed by atoms with van der Waals surface area (Å²) in [5, 5.41) is 11.0. The molecule has 5 heteroatoms. The summed E-state index contributed by atoms with van der Waals surface area (Å²) in [5.41, 5.74) is 0.770. The molecule has 5 nitrogen and oxygen atoms in total. The zero-order chi connectivity index (χ0) is 14.5. The molecular formula is C15H19NO4. The van der Waals surface area contributed by atoms with Gasteiger partial charge in [-0.15, -0.1) is 0 Å². The molecule has 0 aromatic heterocycles. The number of nitrogens with zero attached hydrogens (tertiary/aromatic N) is 1. The van der Waals surface area contributed by atoms with Gasteiger partial charge in [-0.25, -0.2) is 0 Å². The normalized spacial score (nSPS) is 20.4. The van der Waals surface area contributed by atoms with E-state index < -0.39 is 5.92 Å². The molecule has 1 aliphatic carbocycles. The molecule has 0 unspecified atom stereocenters. The number of ketones is 1. The van der Waals surface area contributed by atoms with Gasteiger partial charge >= 0.3 is 0 Å². The van der Waals surface area contributed by atoms with E-state index in [0.29, 0.717) is 12.2 Å². The number of nitro groups is 1. The van der Waals surface area contributed by atoms with Crippen molar-refractivity contribution < 1.29 is 14.5 Å². The maximum atomic E-state index is 12.1. The maximum absolute atomic E-state index is 12.1. The average molecular weight is 277 g/mol. The van der Waals surface area contributed by atoms with Crippen molar-refractivity contribution in [2.45, 2.75) is 31.6 Å². The Hall–Kier alpha value is -1.91. The van der Waals surface area contributed by atoms with Crippen LogP contribution in [0.15, 0.2) is 24.3 Å². The van der Waals surface area contributed by atoms with E-state index in [9.17, 15) is 14.9 Å². The summed E-state index contributed by atoms with van der Waals surface area (Å²) in [5.74, 6) is 0.117. The predicted octanol–water partition coefficient (Wildman–Crippen LogP) is 2.81. The highest BCUT2D eigenvalue weighted by atomic mass is 16.6. The summed E-state index contributed by atoms with van der Waals surface area (Å²) in [6.07, 6.45) is 3.12. The van der Waals surface area contributed by atoms with Gasteiger partial charge in [-0.3, -0.25) is 14.9 Å². The Morgan fingerprint density at radius 1 is 1.40 bits per heavy atom. The zero-order valence-corrected chi connectivity index (χ0v) is 11.6. The fourth-order valence-electron chi connectivity index (χ4n) is 3.01. The monoisotopic (exact) mass is 277 g/mol. The van der Waals surface area contributed by atoms with Crippen LogP contribution in [0.2, 0.25) is 0 Å². The lowest BCUT2D eigenvalue weighted by atomic mass is 9.75. The van der Waals surface area contributed by atoms with Crippen LogP contribution in [0, 0.1) is 16.0 Å². The molecule has 0 spiro atoms. The smallest absolute Gasteiger partial charge is 0.211 e. The molecule has 0 amide bonds. The molecule has 1 aromatic carbocycles. The minimum Gasteiger partial charge on any atom is -0.496 e. The number of carbonyl (C=O) groups is 1.